The van der Waals surface area contributed by atoms with Crippen LogP contribution in [0.25, 0.3) is 0 Å². The third kappa shape index (κ3) is 3.49. The highest BCUT2D eigenvalue weighted by atomic mass is 79.9. The molecule has 0 aromatic heterocycles. The van der Waals surface area contributed by atoms with Gasteiger partial charge >= 0.3 is 0 Å². The van der Waals surface area contributed by atoms with E-state index < -0.39 is 0 Å². The first-order valence-corrected chi connectivity index (χ1v) is 6.67. The van der Waals surface area contributed by atoms with Crippen LogP contribution in [0.4, 0.5) is 5.69 Å². The Bertz CT molecular complexity index is 616. The van der Waals surface area contributed by atoms with Crippen molar-refractivity contribution in [2.24, 2.45) is 0 Å². The standard InChI is InChI=1S/C14H11BrClNO2/c1-19-11-4-2-3-10(8-11)17-14(18)12-6-5-9(16)7-13(12)15/h2-8H,1H3,(H,17,18). The second-order valence-corrected chi connectivity index (χ2v) is 5.10. The summed E-state index contributed by atoms with van der Waals surface area (Å²) in [6.07, 6.45) is 0. The molecule has 0 aliphatic rings. The van der Waals surface area contributed by atoms with Gasteiger partial charge in [0.15, 0.2) is 0 Å². The third-order valence-corrected chi connectivity index (χ3v) is 3.39. The molecule has 0 saturated heterocycles. The van der Waals surface area contributed by atoms with Crippen LogP contribution in [0.3, 0.4) is 0 Å². The number of hydrogen-bond donors (Lipinski definition) is 1. The summed E-state index contributed by atoms with van der Waals surface area (Å²) in [4.78, 5) is 12.1. The molecule has 0 bridgehead atoms. The van der Waals surface area contributed by atoms with E-state index in [0.717, 1.165) is 0 Å². The van der Waals surface area contributed by atoms with Gasteiger partial charge < -0.3 is 10.1 Å². The summed E-state index contributed by atoms with van der Waals surface area (Å²) in [6, 6.07) is 12.2. The van der Waals surface area contributed by atoms with Crippen LogP contribution in [-0.2, 0) is 0 Å². The molecule has 0 aliphatic carbocycles. The smallest absolute Gasteiger partial charge is 0.256 e. The SMILES string of the molecule is COc1cccc(NC(=O)c2ccc(Cl)cc2Br)c1. The number of carbonyl (C=O) groups excluding carboxylic acids is 1. The molecule has 0 atom stereocenters. The summed E-state index contributed by atoms with van der Waals surface area (Å²) in [6.45, 7) is 0. The minimum Gasteiger partial charge on any atom is -0.497 e. The Kier molecular flexibility index (Phi) is 4.45. The average Bonchev–Trinajstić information content (AvgIpc) is 2.38. The van der Waals surface area contributed by atoms with Gasteiger partial charge in [-0.1, -0.05) is 17.7 Å². The summed E-state index contributed by atoms with van der Waals surface area (Å²) >= 11 is 9.16. The van der Waals surface area contributed by atoms with Crippen molar-refractivity contribution in [3.8, 4) is 5.75 Å². The van der Waals surface area contributed by atoms with E-state index in [1.165, 1.54) is 0 Å². The number of amides is 1. The molecule has 0 heterocycles. The van der Waals surface area contributed by atoms with Gasteiger partial charge in [-0.3, -0.25) is 4.79 Å². The zero-order valence-corrected chi connectivity index (χ0v) is 12.5. The molecule has 2 aromatic rings. The Labute approximate surface area is 124 Å². The van der Waals surface area contributed by atoms with Gasteiger partial charge in [-0.25, -0.2) is 0 Å². The summed E-state index contributed by atoms with van der Waals surface area (Å²) in [5, 5.41) is 3.38. The molecule has 0 radical (unpaired) electrons. The molecule has 0 fully saturated rings. The van der Waals surface area contributed by atoms with Crippen molar-refractivity contribution in [2.45, 2.75) is 0 Å². The maximum absolute atomic E-state index is 12.1. The number of nitrogens with one attached hydrogen (secondary N) is 1. The number of anilines is 1. The molecule has 0 unspecified atom stereocenters. The quantitative estimate of drug-likeness (QED) is 0.901. The minimum atomic E-state index is -0.211. The van der Waals surface area contributed by atoms with Gasteiger partial charge in [0.1, 0.15) is 5.75 Å². The van der Waals surface area contributed by atoms with Gasteiger partial charge in [0.2, 0.25) is 0 Å². The lowest BCUT2D eigenvalue weighted by molar-refractivity contribution is 0.102. The van der Waals surface area contributed by atoms with Crippen LogP contribution in [0.5, 0.6) is 5.75 Å². The molecule has 0 aliphatic heterocycles. The molecule has 3 nitrogen and oxygen atoms in total. The highest BCUT2D eigenvalue weighted by Gasteiger charge is 2.10. The van der Waals surface area contributed by atoms with Crippen molar-refractivity contribution in [3.05, 3.63) is 57.5 Å². The third-order valence-electron chi connectivity index (χ3n) is 2.50. The fourth-order valence-electron chi connectivity index (χ4n) is 1.57. The normalized spacial score (nSPS) is 10.1. The summed E-state index contributed by atoms with van der Waals surface area (Å²) in [5.74, 6) is 0.477. The summed E-state index contributed by atoms with van der Waals surface area (Å²) < 4.78 is 5.76. The minimum absolute atomic E-state index is 0.211. The first-order valence-electron chi connectivity index (χ1n) is 5.50. The summed E-state index contributed by atoms with van der Waals surface area (Å²) in [7, 11) is 1.58. The van der Waals surface area contributed by atoms with Crippen LogP contribution in [0.15, 0.2) is 46.9 Å². The van der Waals surface area contributed by atoms with Crippen molar-refractivity contribution in [1.82, 2.24) is 0 Å². The largest absolute Gasteiger partial charge is 0.497 e. The zero-order chi connectivity index (χ0) is 13.8. The van der Waals surface area contributed by atoms with Crippen molar-refractivity contribution in [3.63, 3.8) is 0 Å². The number of ether oxygens (including phenoxy) is 1. The number of halogens is 2. The van der Waals surface area contributed by atoms with Gasteiger partial charge in [-0.05, 0) is 46.3 Å². The van der Waals surface area contributed by atoms with E-state index in [1.807, 2.05) is 12.1 Å². The van der Waals surface area contributed by atoms with E-state index in [-0.39, 0.29) is 5.91 Å². The van der Waals surface area contributed by atoms with E-state index in [9.17, 15) is 4.79 Å². The Balaban J connectivity index is 2.20. The number of hydrogen-bond acceptors (Lipinski definition) is 2. The maximum atomic E-state index is 12.1. The molecule has 1 N–H and O–H groups in total. The monoisotopic (exact) mass is 339 g/mol. The van der Waals surface area contributed by atoms with Crippen LogP contribution in [-0.4, -0.2) is 13.0 Å². The lowest BCUT2D eigenvalue weighted by Gasteiger charge is -2.08. The molecule has 19 heavy (non-hydrogen) atoms. The van der Waals surface area contributed by atoms with Crippen molar-refractivity contribution in [2.75, 3.05) is 12.4 Å². The van der Waals surface area contributed by atoms with E-state index in [0.29, 0.717) is 26.5 Å². The maximum Gasteiger partial charge on any atom is 0.256 e. The number of rotatable bonds is 3. The first-order chi connectivity index (χ1) is 9.10. The van der Waals surface area contributed by atoms with Crippen LogP contribution in [0.2, 0.25) is 5.02 Å². The zero-order valence-electron chi connectivity index (χ0n) is 10.1. The Hall–Kier alpha value is -1.52. The Morgan fingerprint density at radius 1 is 1.26 bits per heavy atom. The lowest BCUT2D eigenvalue weighted by atomic mass is 10.2. The molecule has 2 rings (SSSR count). The van der Waals surface area contributed by atoms with Gasteiger partial charge in [0.05, 0.1) is 12.7 Å². The molecular weight excluding hydrogens is 330 g/mol. The van der Waals surface area contributed by atoms with Crippen molar-refractivity contribution < 1.29 is 9.53 Å². The predicted molar refractivity (Wildman–Crippen MR) is 80.1 cm³/mol. The van der Waals surface area contributed by atoms with Gasteiger partial charge in [-0.2, -0.15) is 0 Å². The van der Waals surface area contributed by atoms with Gasteiger partial charge in [-0.15, -0.1) is 0 Å². The van der Waals surface area contributed by atoms with Crippen molar-refractivity contribution >= 4 is 39.1 Å². The Morgan fingerprint density at radius 2 is 2.05 bits per heavy atom. The lowest BCUT2D eigenvalue weighted by Crippen LogP contribution is -2.12. The Morgan fingerprint density at radius 3 is 2.74 bits per heavy atom. The van der Waals surface area contributed by atoms with Crippen molar-refractivity contribution in [1.29, 1.82) is 0 Å². The molecule has 1 amide bonds. The predicted octanol–water partition coefficient (Wildman–Crippen LogP) is 4.36. The van der Waals surface area contributed by atoms with Crippen LogP contribution >= 0.6 is 27.5 Å². The van der Waals surface area contributed by atoms with E-state index in [4.69, 9.17) is 16.3 Å². The number of methoxy groups -OCH3 is 1. The molecular formula is C14H11BrClNO2. The first kappa shape index (κ1) is 13.9. The molecule has 2 aromatic carbocycles. The van der Waals surface area contributed by atoms with E-state index >= 15 is 0 Å². The molecule has 5 heteroatoms. The van der Waals surface area contributed by atoms with E-state index in [1.54, 1.807) is 37.4 Å². The fraction of sp³-hybridized carbons (Fsp3) is 0.0714. The van der Waals surface area contributed by atoms with E-state index in [2.05, 4.69) is 21.2 Å². The van der Waals surface area contributed by atoms with Gasteiger partial charge in [0.25, 0.3) is 5.91 Å². The van der Waals surface area contributed by atoms with Gasteiger partial charge in [0, 0.05) is 21.2 Å². The molecule has 0 spiro atoms. The molecule has 98 valence electrons. The highest BCUT2D eigenvalue weighted by molar-refractivity contribution is 9.10. The topological polar surface area (TPSA) is 38.3 Å². The second kappa shape index (κ2) is 6.08. The average molecular weight is 341 g/mol. The van der Waals surface area contributed by atoms with Crippen LogP contribution < -0.4 is 10.1 Å². The summed E-state index contributed by atoms with van der Waals surface area (Å²) in [5.41, 5.74) is 1.19. The number of benzene rings is 2. The second-order valence-electron chi connectivity index (χ2n) is 3.81. The molecule has 0 saturated carbocycles. The highest BCUT2D eigenvalue weighted by Crippen LogP contribution is 2.23. The van der Waals surface area contributed by atoms with Crippen LogP contribution in [0, 0.1) is 0 Å². The fourth-order valence-corrected chi connectivity index (χ4v) is 2.44. The number of carbonyl (C=O) groups is 1. The van der Waals surface area contributed by atoms with Crippen LogP contribution in [0.1, 0.15) is 10.4 Å².